The van der Waals surface area contributed by atoms with Gasteiger partial charge in [0.25, 0.3) is 0 Å². The van der Waals surface area contributed by atoms with Crippen LogP contribution >= 0.6 is 0 Å². The summed E-state index contributed by atoms with van der Waals surface area (Å²) in [7, 11) is 0. The maximum absolute atomic E-state index is 13.5. The van der Waals surface area contributed by atoms with Crippen molar-refractivity contribution >= 4 is 0 Å². The van der Waals surface area contributed by atoms with Crippen LogP contribution in [-0.4, -0.2) is 19.2 Å². The quantitative estimate of drug-likeness (QED) is 0.780. The summed E-state index contributed by atoms with van der Waals surface area (Å²) in [6.07, 6.45) is 0.679. The minimum atomic E-state index is -0.137. The molecule has 0 spiro atoms. The Morgan fingerprint density at radius 3 is 2.50 bits per heavy atom. The molecule has 2 aromatic carbocycles. The van der Waals surface area contributed by atoms with Gasteiger partial charge in [0.2, 0.25) is 0 Å². The molecule has 3 heteroatoms. The lowest BCUT2D eigenvalue weighted by atomic mass is 10.1. The lowest BCUT2D eigenvalue weighted by molar-refractivity contribution is 0.306. The molecule has 0 bridgehead atoms. The van der Waals surface area contributed by atoms with E-state index >= 15 is 0 Å². The second kappa shape index (κ2) is 7.65. The highest BCUT2D eigenvalue weighted by atomic mass is 19.1. The molecule has 0 aliphatic carbocycles. The zero-order chi connectivity index (χ0) is 14.2. The fourth-order valence-corrected chi connectivity index (χ4v) is 2.06. The van der Waals surface area contributed by atoms with Crippen LogP contribution in [0.25, 0.3) is 0 Å². The number of benzene rings is 2. The van der Waals surface area contributed by atoms with Gasteiger partial charge in [-0.25, -0.2) is 4.39 Å². The van der Waals surface area contributed by atoms with E-state index in [1.54, 1.807) is 6.07 Å². The Labute approximate surface area is 119 Å². The van der Waals surface area contributed by atoms with Crippen LogP contribution in [0, 0.1) is 5.82 Å². The van der Waals surface area contributed by atoms with Crippen LogP contribution < -0.4 is 10.1 Å². The zero-order valence-corrected chi connectivity index (χ0v) is 11.7. The first-order valence-electron chi connectivity index (χ1n) is 6.90. The van der Waals surface area contributed by atoms with Gasteiger partial charge >= 0.3 is 0 Å². The predicted molar refractivity (Wildman–Crippen MR) is 79.5 cm³/mol. The van der Waals surface area contributed by atoms with E-state index in [9.17, 15) is 4.39 Å². The van der Waals surface area contributed by atoms with Crippen molar-refractivity contribution in [2.24, 2.45) is 0 Å². The van der Waals surface area contributed by atoms with Crippen molar-refractivity contribution in [3.63, 3.8) is 0 Å². The van der Waals surface area contributed by atoms with Crippen molar-refractivity contribution in [1.29, 1.82) is 0 Å². The molecule has 0 aliphatic rings. The van der Waals surface area contributed by atoms with Gasteiger partial charge in [-0.2, -0.15) is 0 Å². The summed E-state index contributed by atoms with van der Waals surface area (Å²) >= 11 is 0. The summed E-state index contributed by atoms with van der Waals surface area (Å²) in [5.74, 6) is 0.734. The van der Waals surface area contributed by atoms with Crippen LogP contribution in [0.15, 0.2) is 54.6 Å². The van der Waals surface area contributed by atoms with Crippen molar-refractivity contribution in [3.05, 3.63) is 66.0 Å². The Hall–Kier alpha value is -1.87. The van der Waals surface area contributed by atoms with E-state index in [2.05, 4.69) is 12.2 Å². The van der Waals surface area contributed by atoms with Gasteiger partial charge in [-0.15, -0.1) is 0 Å². The zero-order valence-electron chi connectivity index (χ0n) is 11.7. The molecule has 0 heterocycles. The molecule has 0 amide bonds. The molecule has 2 nitrogen and oxygen atoms in total. The van der Waals surface area contributed by atoms with E-state index in [0.29, 0.717) is 13.0 Å². The maximum Gasteiger partial charge on any atom is 0.126 e. The van der Waals surface area contributed by atoms with E-state index in [-0.39, 0.29) is 11.9 Å². The Balaban J connectivity index is 1.68. The molecule has 1 N–H and O–H groups in total. The summed E-state index contributed by atoms with van der Waals surface area (Å²) in [5, 5.41) is 3.34. The van der Waals surface area contributed by atoms with Crippen LogP contribution in [0.4, 0.5) is 4.39 Å². The van der Waals surface area contributed by atoms with Gasteiger partial charge in [0, 0.05) is 12.6 Å². The van der Waals surface area contributed by atoms with Crippen LogP contribution in [0.2, 0.25) is 0 Å². The summed E-state index contributed by atoms with van der Waals surface area (Å²) in [6.45, 7) is 3.39. The molecule has 0 saturated carbocycles. The van der Waals surface area contributed by atoms with E-state index in [4.69, 9.17) is 4.74 Å². The van der Waals surface area contributed by atoms with E-state index in [1.807, 2.05) is 42.5 Å². The van der Waals surface area contributed by atoms with Gasteiger partial charge in [-0.3, -0.25) is 0 Å². The van der Waals surface area contributed by atoms with Crippen molar-refractivity contribution < 1.29 is 9.13 Å². The van der Waals surface area contributed by atoms with Crippen LogP contribution in [-0.2, 0) is 6.42 Å². The number of hydrogen-bond donors (Lipinski definition) is 1. The normalized spacial score (nSPS) is 12.1. The van der Waals surface area contributed by atoms with Gasteiger partial charge in [0.1, 0.15) is 18.2 Å². The van der Waals surface area contributed by atoms with E-state index in [0.717, 1.165) is 17.9 Å². The van der Waals surface area contributed by atoms with Gasteiger partial charge in [0.15, 0.2) is 0 Å². The summed E-state index contributed by atoms with van der Waals surface area (Å²) < 4.78 is 19.1. The van der Waals surface area contributed by atoms with Crippen molar-refractivity contribution in [2.45, 2.75) is 19.4 Å². The molecule has 106 valence electrons. The third-order valence-corrected chi connectivity index (χ3v) is 3.09. The monoisotopic (exact) mass is 273 g/mol. The Bertz CT molecular complexity index is 515. The highest BCUT2D eigenvalue weighted by Crippen LogP contribution is 2.09. The third-order valence-electron chi connectivity index (χ3n) is 3.09. The lowest BCUT2D eigenvalue weighted by Gasteiger charge is -2.14. The molecule has 2 rings (SSSR count). The van der Waals surface area contributed by atoms with Gasteiger partial charge in [0.05, 0.1) is 0 Å². The van der Waals surface area contributed by atoms with E-state index in [1.165, 1.54) is 6.07 Å². The number of rotatable bonds is 7. The summed E-state index contributed by atoms with van der Waals surface area (Å²) in [4.78, 5) is 0. The van der Waals surface area contributed by atoms with Gasteiger partial charge in [-0.1, -0.05) is 36.4 Å². The topological polar surface area (TPSA) is 21.3 Å². The standard InChI is InChI=1S/C17H20FNO/c1-14(13-15-7-5-6-10-17(15)18)19-11-12-20-16-8-3-2-4-9-16/h2-10,14,19H,11-13H2,1H3. The fourth-order valence-electron chi connectivity index (χ4n) is 2.06. The second-order valence-corrected chi connectivity index (χ2v) is 4.81. The lowest BCUT2D eigenvalue weighted by Crippen LogP contribution is -2.32. The van der Waals surface area contributed by atoms with Crippen molar-refractivity contribution in [2.75, 3.05) is 13.2 Å². The van der Waals surface area contributed by atoms with Gasteiger partial charge < -0.3 is 10.1 Å². The molecular weight excluding hydrogens is 253 g/mol. The molecule has 0 aromatic heterocycles. The Kier molecular flexibility index (Phi) is 5.56. The Morgan fingerprint density at radius 2 is 1.75 bits per heavy atom. The molecule has 0 saturated heterocycles. The van der Waals surface area contributed by atoms with Crippen LogP contribution in [0.3, 0.4) is 0 Å². The molecule has 2 aromatic rings. The fraction of sp³-hybridized carbons (Fsp3) is 0.294. The number of ether oxygens (including phenoxy) is 1. The van der Waals surface area contributed by atoms with Gasteiger partial charge in [-0.05, 0) is 37.1 Å². The van der Waals surface area contributed by atoms with Crippen LogP contribution in [0.1, 0.15) is 12.5 Å². The molecular formula is C17H20FNO. The third kappa shape index (κ3) is 4.67. The largest absolute Gasteiger partial charge is 0.492 e. The molecule has 20 heavy (non-hydrogen) atoms. The second-order valence-electron chi connectivity index (χ2n) is 4.81. The predicted octanol–water partition coefficient (Wildman–Crippen LogP) is 3.43. The SMILES string of the molecule is CC(Cc1ccccc1F)NCCOc1ccccc1. The first kappa shape index (κ1) is 14.5. The van der Waals surface area contributed by atoms with E-state index < -0.39 is 0 Å². The molecule has 1 unspecified atom stereocenters. The number of para-hydroxylation sites is 1. The average Bonchev–Trinajstić information content (AvgIpc) is 2.47. The van der Waals surface area contributed by atoms with Crippen molar-refractivity contribution in [3.8, 4) is 5.75 Å². The van der Waals surface area contributed by atoms with Crippen LogP contribution in [0.5, 0.6) is 5.75 Å². The molecule has 1 atom stereocenters. The molecule has 0 radical (unpaired) electrons. The minimum Gasteiger partial charge on any atom is -0.492 e. The first-order valence-corrected chi connectivity index (χ1v) is 6.90. The summed E-state index contributed by atoms with van der Waals surface area (Å²) in [5.41, 5.74) is 0.747. The maximum atomic E-state index is 13.5. The molecule has 0 aliphatic heterocycles. The Morgan fingerprint density at radius 1 is 1.05 bits per heavy atom. The highest BCUT2D eigenvalue weighted by Gasteiger charge is 2.06. The van der Waals surface area contributed by atoms with Crippen molar-refractivity contribution in [1.82, 2.24) is 5.32 Å². The number of nitrogens with one attached hydrogen (secondary N) is 1. The highest BCUT2D eigenvalue weighted by molar-refractivity contribution is 5.21. The minimum absolute atomic E-state index is 0.137. The average molecular weight is 273 g/mol. The number of halogens is 1. The first-order chi connectivity index (χ1) is 9.75. The molecule has 0 fully saturated rings. The number of hydrogen-bond acceptors (Lipinski definition) is 2. The smallest absolute Gasteiger partial charge is 0.126 e. The summed E-state index contributed by atoms with van der Waals surface area (Å²) in [6, 6.07) is 16.8.